The van der Waals surface area contributed by atoms with Crippen LogP contribution in [0.25, 0.3) is 0 Å². The first kappa shape index (κ1) is 18.7. The van der Waals surface area contributed by atoms with Crippen LogP contribution in [0.15, 0.2) is 31.1 Å². The standard InChI is InChI=1S/C3H3N2.C2H2N3.2C2H6.N5/c1-2-5-3-4-1;1-2-4-5-3-1;2*1-2;1-2-4-5-3-1/h1-3H;1-2H;2*1-2H3;/q2*-1;;;-1. The highest BCUT2D eigenvalue weighted by Gasteiger charge is 1.45. The van der Waals surface area contributed by atoms with E-state index in [1.54, 1.807) is 12.4 Å². The number of nitrogens with zero attached hydrogens (tertiary/aromatic N) is 10. The van der Waals surface area contributed by atoms with Gasteiger partial charge in [0.1, 0.15) is 0 Å². The molecule has 19 heavy (non-hydrogen) atoms. The van der Waals surface area contributed by atoms with Crippen LogP contribution >= 0.6 is 0 Å². The van der Waals surface area contributed by atoms with Gasteiger partial charge in [0.2, 0.25) is 0 Å². The second kappa shape index (κ2) is 20.7. The summed E-state index contributed by atoms with van der Waals surface area (Å²) in [5.41, 5.74) is 0. The molecule has 3 rings (SSSR count). The van der Waals surface area contributed by atoms with Crippen LogP contribution < -0.4 is 15.4 Å². The van der Waals surface area contributed by atoms with E-state index in [4.69, 9.17) is 0 Å². The molecular weight excluding hydrogens is 248 g/mol. The van der Waals surface area contributed by atoms with Crippen molar-refractivity contribution in [3.8, 4) is 0 Å². The molecule has 0 fully saturated rings. The number of hydrogen-bond acceptors (Lipinski definition) is 7. The lowest BCUT2D eigenvalue weighted by molar-refractivity contribution is 0.854. The maximum Gasteiger partial charge on any atom is 0.0215 e. The van der Waals surface area contributed by atoms with Crippen LogP contribution in [-0.4, -0.2) is 36.0 Å². The molecule has 0 N–H and O–H groups in total. The zero-order chi connectivity index (χ0) is 14.6. The number of aromatic nitrogens is 10. The summed E-state index contributed by atoms with van der Waals surface area (Å²) >= 11 is 0. The molecule has 0 saturated carbocycles. The van der Waals surface area contributed by atoms with Gasteiger partial charge in [-0.2, -0.15) is 15.6 Å². The molecule has 0 aliphatic rings. The Labute approximate surface area is 111 Å². The highest BCUT2D eigenvalue weighted by atomic mass is 15.6. The van der Waals surface area contributed by atoms with Gasteiger partial charge in [0, 0.05) is 12.4 Å². The van der Waals surface area contributed by atoms with Gasteiger partial charge in [-0.25, -0.2) is 10.4 Å². The molecule has 0 atom stereocenters. The minimum Gasteiger partial charge on any atom is -0.493 e. The predicted octanol–water partition coefficient (Wildman–Crippen LogP) is -0.251. The van der Waals surface area contributed by atoms with Crippen LogP contribution in [0.3, 0.4) is 0 Å². The molecule has 3 aromatic rings. The van der Waals surface area contributed by atoms with E-state index in [0.717, 1.165) is 0 Å². The van der Waals surface area contributed by atoms with Crippen LogP contribution in [0.4, 0.5) is 0 Å². The van der Waals surface area contributed by atoms with Gasteiger partial charge < -0.3 is 25.4 Å². The van der Waals surface area contributed by atoms with Gasteiger partial charge in [0.05, 0.1) is 0 Å². The summed E-state index contributed by atoms with van der Waals surface area (Å²) in [7, 11) is 0. The van der Waals surface area contributed by atoms with Gasteiger partial charge in [-0.1, -0.05) is 46.4 Å². The van der Waals surface area contributed by atoms with Gasteiger partial charge in [0.25, 0.3) is 0 Å². The molecule has 0 bridgehead atoms. The number of hydrogen-bond donors (Lipinski definition) is 0. The van der Waals surface area contributed by atoms with E-state index in [1.807, 2.05) is 27.7 Å². The summed E-state index contributed by atoms with van der Waals surface area (Å²) in [4.78, 5) is 7.22. The molecule has 0 saturated heterocycles. The van der Waals surface area contributed by atoms with Crippen molar-refractivity contribution in [1.82, 2.24) is 51.4 Å². The second-order valence-electron chi connectivity index (χ2n) is 1.78. The molecule has 0 amide bonds. The van der Waals surface area contributed by atoms with Crippen LogP contribution in [0.5, 0.6) is 0 Å². The van der Waals surface area contributed by atoms with E-state index >= 15 is 0 Å². The molecule has 0 aliphatic heterocycles. The van der Waals surface area contributed by atoms with E-state index < -0.39 is 0 Å². The summed E-state index contributed by atoms with van der Waals surface area (Å²) in [5.74, 6) is 0. The van der Waals surface area contributed by atoms with Crippen molar-refractivity contribution >= 4 is 0 Å². The van der Waals surface area contributed by atoms with E-state index in [2.05, 4.69) is 51.4 Å². The van der Waals surface area contributed by atoms with Gasteiger partial charge in [-0.05, 0) is 0 Å². The first-order valence-electron chi connectivity index (χ1n) is 5.62. The molecule has 10 nitrogen and oxygen atoms in total. The van der Waals surface area contributed by atoms with Crippen molar-refractivity contribution in [3.63, 3.8) is 0 Å². The summed E-state index contributed by atoms with van der Waals surface area (Å²) in [6, 6.07) is 0. The Bertz CT molecular complexity index is 251. The van der Waals surface area contributed by atoms with Crippen LogP contribution in [0.2, 0.25) is 0 Å². The van der Waals surface area contributed by atoms with Crippen molar-refractivity contribution in [2.24, 2.45) is 0 Å². The van der Waals surface area contributed by atoms with Crippen molar-refractivity contribution in [2.75, 3.05) is 0 Å². The van der Waals surface area contributed by atoms with Gasteiger partial charge in [-0.3, -0.25) is 0 Å². The van der Waals surface area contributed by atoms with Crippen molar-refractivity contribution in [2.45, 2.75) is 27.7 Å². The molecule has 0 aromatic carbocycles. The first-order valence-corrected chi connectivity index (χ1v) is 5.62. The fraction of sp³-hybridized carbons (Fsp3) is 0.444. The Morgan fingerprint density at radius 1 is 0.737 bits per heavy atom. The Morgan fingerprint density at radius 3 is 1.47 bits per heavy atom. The third-order valence-corrected chi connectivity index (χ3v) is 0.875. The molecule has 0 radical (unpaired) electrons. The lowest BCUT2D eigenvalue weighted by Crippen LogP contribution is -1.71. The minimum absolute atomic E-state index is 1.50. The van der Waals surface area contributed by atoms with E-state index in [1.165, 1.54) is 18.7 Å². The van der Waals surface area contributed by atoms with E-state index in [-0.39, 0.29) is 0 Å². The molecular formula is C9H17N10-3. The first-order chi connectivity index (χ1) is 9.50. The number of imidazole rings is 1. The van der Waals surface area contributed by atoms with Crippen molar-refractivity contribution < 1.29 is 0 Å². The van der Waals surface area contributed by atoms with Gasteiger partial charge in [-0.15, -0.1) is 0 Å². The molecule has 106 valence electrons. The SMILES string of the molecule is CC.CC.c1c[n-]cn1.c1cn[n-]n1.n1nn[n-]n1. The van der Waals surface area contributed by atoms with Gasteiger partial charge >= 0.3 is 0 Å². The molecule has 0 unspecified atom stereocenters. The fourth-order valence-corrected chi connectivity index (χ4v) is 0.431. The average molecular weight is 265 g/mol. The molecule has 3 aromatic heterocycles. The zero-order valence-electron chi connectivity index (χ0n) is 11.4. The van der Waals surface area contributed by atoms with Crippen molar-refractivity contribution in [3.05, 3.63) is 31.1 Å². The Balaban J connectivity index is 0. The Kier molecular flexibility index (Phi) is 20.4. The van der Waals surface area contributed by atoms with E-state index in [9.17, 15) is 0 Å². The third kappa shape index (κ3) is 17.9. The fourth-order valence-electron chi connectivity index (χ4n) is 0.431. The largest absolute Gasteiger partial charge is 0.493 e. The quantitative estimate of drug-likeness (QED) is 0.535. The van der Waals surface area contributed by atoms with Crippen LogP contribution in [-0.2, 0) is 0 Å². The monoisotopic (exact) mass is 265 g/mol. The molecule has 3 heterocycles. The topological polar surface area (TPSA) is 133 Å². The molecule has 0 spiro atoms. The van der Waals surface area contributed by atoms with Gasteiger partial charge in [0.15, 0.2) is 0 Å². The van der Waals surface area contributed by atoms with Crippen LogP contribution in [0.1, 0.15) is 27.7 Å². The lowest BCUT2D eigenvalue weighted by atomic mass is 11.0. The highest BCUT2D eigenvalue weighted by Crippen LogP contribution is 1.60. The molecule has 10 heteroatoms. The normalized spacial score (nSPS) is 6.95. The average Bonchev–Trinajstić information content (AvgIpc) is 3.31. The highest BCUT2D eigenvalue weighted by molar-refractivity contribution is 4.64. The summed E-state index contributed by atoms with van der Waals surface area (Å²) in [6.45, 7) is 8.00. The summed E-state index contributed by atoms with van der Waals surface area (Å²) in [6.07, 6.45) is 7.83. The van der Waals surface area contributed by atoms with Crippen LogP contribution in [0, 0.1) is 0 Å². The smallest absolute Gasteiger partial charge is 0.0215 e. The maximum atomic E-state index is 3.61. The third-order valence-electron chi connectivity index (χ3n) is 0.875. The zero-order valence-corrected chi connectivity index (χ0v) is 11.4. The Morgan fingerprint density at radius 2 is 1.32 bits per heavy atom. The second-order valence-corrected chi connectivity index (χ2v) is 1.78. The lowest BCUT2D eigenvalue weighted by Gasteiger charge is -1.71. The van der Waals surface area contributed by atoms with Crippen molar-refractivity contribution in [1.29, 1.82) is 0 Å². The number of rotatable bonds is 0. The molecule has 0 aliphatic carbocycles. The van der Waals surface area contributed by atoms with E-state index in [0.29, 0.717) is 0 Å². The summed E-state index contributed by atoms with van der Waals surface area (Å²) in [5, 5.41) is 24.9. The Hall–Kier alpha value is -2.65. The summed E-state index contributed by atoms with van der Waals surface area (Å²) < 4.78 is 0. The predicted molar refractivity (Wildman–Crippen MR) is 66.5 cm³/mol. The maximum absolute atomic E-state index is 3.61. The minimum atomic E-state index is 1.50.